The second-order valence-corrected chi connectivity index (χ2v) is 10.7. The lowest BCUT2D eigenvalue weighted by atomic mass is 9.93. The van der Waals surface area contributed by atoms with E-state index in [4.69, 9.17) is 20.9 Å². The molecule has 1 aliphatic carbocycles. The van der Waals surface area contributed by atoms with Gasteiger partial charge in [-0.15, -0.1) is 0 Å². The van der Waals surface area contributed by atoms with Gasteiger partial charge in [-0.2, -0.15) is 0 Å². The minimum atomic E-state index is -0.770. The summed E-state index contributed by atoms with van der Waals surface area (Å²) in [5.74, 6) is -0.386. The molecule has 1 amide bonds. The van der Waals surface area contributed by atoms with Crippen molar-refractivity contribution in [3.05, 3.63) is 119 Å². The normalized spacial score (nSPS) is 14.1. The maximum absolute atomic E-state index is 13.1. The number of carbonyl (C=O) groups excluding carboxylic acids is 1. The Bertz CT molecular complexity index is 1740. The predicted octanol–water partition coefficient (Wildman–Crippen LogP) is 8.75. The number of carbonyl (C=O) groups is 2. The molecular formula is C34H27ClN2O5. The van der Waals surface area contributed by atoms with E-state index in [2.05, 4.69) is 10.5 Å². The number of halogens is 1. The second-order valence-electron chi connectivity index (χ2n) is 10.3. The van der Waals surface area contributed by atoms with Gasteiger partial charge in [0.2, 0.25) is 0 Å². The summed E-state index contributed by atoms with van der Waals surface area (Å²) in [4.78, 5) is 24.7. The summed E-state index contributed by atoms with van der Waals surface area (Å²) in [6.45, 7) is 1.75. The molecule has 8 heteroatoms. The van der Waals surface area contributed by atoms with Gasteiger partial charge in [-0.25, -0.2) is 4.79 Å². The van der Waals surface area contributed by atoms with Gasteiger partial charge in [0, 0.05) is 21.7 Å². The Kier molecular flexibility index (Phi) is 7.27. The number of ether oxygens (including phenoxy) is 1. The summed E-state index contributed by atoms with van der Waals surface area (Å²) < 4.78 is 11.4. The Hall–Kier alpha value is -4.88. The Morgan fingerprint density at radius 1 is 0.857 bits per heavy atom. The summed E-state index contributed by atoms with van der Waals surface area (Å²) in [6, 6.07) is 32.0. The number of aliphatic carboxylic acids is 1. The van der Waals surface area contributed by atoms with Gasteiger partial charge in [0.05, 0.1) is 5.41 Å². The predicted molar refractivity (Wildman–Crippen MR) is 161 cm³/mol. The molecule has 0 radical (unpaired) electrons. The highest BCUT2D eigenvalue weighted by Gasteiger charge is 2.51. The van der Waals surface area contributed by atoms with Crippen molar-refractivity contribution < 1.29 is 24.0 Å². The van der Waals surface area contributed by atoms with Crippen molar-refractivity contribution in [2.24, 2.45) is 0 Å². The number of amides is 1. The van der Waals surface area contributed by atoms with Crippen molar-refractivity contribution in [3.63, 3.8) is 0 Å². The Morgan fingerprint density at radius 2 is 1.45 bits per heavy atom. The van der Waals surface area contributed by atoms with Crippen LogP contribution in [0, 0.1) is 0 Å². The smallest absolute Gasteiger partial charge is 0.412 e. The van der Waals surface area contributed by atoms with E-state index in [1.807, 2.05) is 97.1 Å². The Morgan fingerprint density at radius 3 is 2.07 bits per heavy atom. The second kappa shape index (κ2) is 11.2. The van der Waals surface area contributed by atoms with Gasteiger partial charge in [-0.3, -0.25) is 10.1 Å². The van der Waals surface area contributed by atoms with Crippen LogP contribution in [0.3, 0.4) is 0 Å². The maximum atomic E-state index is 13.1. The molecule has 7 nitrogen and oxygen atoms in total. The molecule has 42 heavy (non-hydrogen) atoms. The molecule has 1 aliphatic rings. The monoisotopic (exact) mass is 578 g/mol. The molecular weight excluding hydrogens is 552 g/mol. The molecule has 1 unspecified atom stereocenters. The fourth-order valence-corrected chi connectivity index (χ4v) is 5.39. The van der Waals surface area contributed by atoms with Gasteiger partial charge < -0.3 is 14.4 Å². The van der Waals surface area contributed by atoms with Gasteiger partial charge in [0.15, 0.2) is 5.76 Å². The molecule has 0 aliphatic heterocycles. The lowest BCUT2D eigenvalue weighted by Crippen LogP contribution is -2.19. The van der Waals surface area contributed by atoms with Crippen LogP contribution in [-0.4, -0.2) is 22.3 Å². The summed E-state index contributed by atoms with van der Waals surface area (Å²) in [5, 5.41) is 17.2. The highest BCUT2D eigenvalue weighted by molar-refractivity contribution is 6.31. The lowest BCUT2D eigenvalue weighted by molar-refractivity contribution is -0.140. The third kappa shape index (κ3) is 5.27. The van der Waals surface area contributed by atoms with E-state index in [1.165, 1.54) is 0 Å². The molecule has 1 fully saturated rings. The van der Waals surface area contributed by atoms with Crippen LogP contribution in [0.4, 0.5) is 10.5 Å². The Balaban J connectivity index is 1.27. The fourth-order valence-electron chi connectivity index (χ4n) is 5.10. The fraction of sp³-hybridized carbons (Fsp3) is 0.147. The van der Waals surface area contributed by atoms with Crippen LogP contribution in [0.2, 0.25) is 5.02 Å². The van der Waals surface area contributed by atoms with Crippen LogP contribution in [0.1, 0.15) is 37.0 Å². The average molecular weight is 579 g/mol. The molecule has 4 aromatic carbocycles. The largest absolute Gasteiger partial charge is 0.481 e. The van der Waals surface area contributed by atoms with E-state index in [1.54, 1.807) is 13.0 Å². The molecule has 1 saturated carbocycles. The van der Waals surface area contributed by atoms with Gasteiger partial charge in [-0.1, -0.05) is 114 Å². The number of nitrogens with one attached hydrogen (secondary N) is 1. The molecule has 1 aromatic heterocycles. The minimum Gasteiger partial charge on any atom is -0.481 e. The molecule has 2 N–H and O–H groups in total. The van der Waals surface area contributed by atoms with E-state index in [-0.39, 0.29) is 0 Å². The molecule has 1 heterocycles. The van der Waals surface area contributed by atoms with Gasteiger partial charge in [0.25, 0.3) is 0 Å². The Labute approximate surface area is 247 Å². The quantitative estimate of drug-likeness (QED) is 0.191. The number of carboxylic acid groups (broad SMARTS) is 1. The van der Waals surface area contributed by atoms with E-state index in [0.29, 0.717) is 46.1 Å². The first-order chi connectivity index (χ1) is 20.4. The number of hydrogen-bond acceptors (Lipinski definition) is 5. The molecule has 210 valence electrons. The summed E-state index contributed by atoms with van der Waals surface area (Å²) in [7, 11) is 0. The summed E-state index contributed by atoms with van der Waals surface area (Å²) in [5.41, 5.74) is 5.05. The van der Waals surface area contributed by atoms with Gasteiger partial charge in [-0.05, 0) is 42.5 Å². The zero-order chi connectivity index (χ0) is 29.3. The van der Waals surface area contributed by atoms with E-state index >= 15 is 0 Å². The summed E-state index contributed by atoms with van der Waals surface area (Å²) >= 11 is 6.30. The molecule has 0 spiro atoms. The van der Waals surface area contributed by atoms with Crippen LogP contribution in [-0.2, 0) is 14.9 Å². The number of hydrogen-bond donors (Lipinski definition) is 2. The van der Waals surface area contributed by atoms with Crippen LogP contribution in [0.15, 0.2) is 108 Å². The highest BCUT2D eigenvalue weighted by atomic mass is 35.5. The van der Waals surface area contributed by atoms with Crippen molar-refractivity contribution in [1.29, 1.82) is 0 Å². The number of aromatic nitrogens is 1. The maximum Gasteiger partial charge on any atom is 0.412 e. The van der Waals surface area contributed by atoms with E-state index in [9.17, 15) is 14.7 Å². The third-order valence-corrected chi connectivity index (χ3v) is 8.01. The number of benzene rings is 4. The number of anilines is 1. The van der Waals surface area contributed by atoms with Crippen LogP contribution >= 0.6 is 11.6 Å². The van der Waals surface area contributed by atoms with E-state index in [0.717, 1.165) is 22.3 Å². The van der Waals surface area contributed by atoms with E-state index < -0.39 is 23.6 Å². The number of nitrogens with zero attached hydrogens (tertiary/aromatic N) is 1. The summed E-state index contributed by atoms with van der Waals surface area (Å²) in [6.07, 6.45) is 0.0802. The van der Waals surface area contributed by atoms with Crippen LogP contribution in [0.25, 0.3) is 33.7 Å². The molecule has 0 saturated heterocycles. The third-order valence-electron chi connectivity index (χ3n) is 7.67. The molecule has 5 aromatic rings. The molecule has 6 rings (SSSR count). The zero-order valence-electron chi connectivity index (χ0n) is 22.7. The SMILES string of the molecule is CC(OC(=O)Nc1c(-c2ccccc2)noc1-c1ccc(-c2ccc(C3(C(=O)O)CC3)cc2)cc1)c1ccccc1Cl. The van der Waals surface area contributed by atoms with Crippen molar-refractivity contribution in [1.82, 2.24) is 5.16 Å². The first-order valence-electron chi connectivity index (χ1n) is 13.6. The van der Waals surface area contributed by atoms with Crippen molar-refractivity contribution in [3.8, 4) is 33.7 Å². The average Bonchev–Trinajstić information content (AvgIpc) is 3.73. The number of rotatable bonds is 8. The van der Waals surface area contributed by atoms with Crippen LogP contribution in [0.5, 0.6) is 0 Å². The van der Waals surface area contributed by atoms with Crippen molar-refractivity contribution in [2.75, 3.05) is 5.32 Å². The van der Waals surface area contributed by atoms with Crippen LogP contribution < -0.4 is 5.32 Å². The van der Waals surface area contributed by atoms with Crippen molar-refractivity contribution in [2.45, 2.75) is 31.3 Å². The highest BCUT2D eigenvalue weighted by Crippen LogP contribution is 2.48. The lowest BCUT2D eigenvalue weighted by Gasteiger charge is -2.16. The number of carboxylic acids is 1. The van der Waals surface area contributed by atoms with Gasteiger partial charge in [0.1, 0.15) is 17.5 Å². The minimum absolute atomic E-state index is 0.384. The zero-order valence-corrected chi connectivity index (χ0v) is 23.5. The first kappa shape index (κ1) is 27.3. The van der Waals surface area contributed by atoms with Gasteiger partial charge >= 0.3 is 12.1 Å². The van der Waals surface area contributed by atoms with Crippen molar-refractivity contribution >= 4 is 29.4 Å². The molecule has 1 atom stereocenters. The topological polar surface area (TPSA) is 102 Å². The first-order valence-corrected chi connectivity index (χ1v) is 14.0. The standard InChI is InChI=1S/C34H27ClN2O5/c1-21(27-9-5-6-10-28(27)35)41-33(40)36-30-29(24-7-3-2-4-8-24)37-42-31(30)25-13-11-22(12-14-25)23-15-17-26(18-16-23)34(19-20-34)32(38)39/h2-18,21H,19-20H2,1H3,(H,36,40)(H,38,39). The molecule has 0 bridgehead atoms.